The van der Waals surface area contributed by atoms with E-state index >= 15 is 0 Å². The number of unbranched alkanes of at least 4 members (excludes halogenated alkanes) is 3. The molecule has 3 aromatic rings. The molecule has 214 valence electrons. The molecule has 0 aliphatic heterocycles. The summed E-state index contributed by atoms with van der Waals surface area (Å²) in [5.74, 6) is 0. The van der Waals surface area contributed by atoms with Crippen LogP contribution < -0.4 is 5.32 Å². The van der Waals surface area contributed by atoms with Crippen molar-refractivity contribution in [3.63, 3.8) is 0 Å². The normalized spacial score (nSPS) is 12.7. The minimum absolute atomic E-state index is 0.318. The molecule has 0 saturated carbocycles. The van der Waals surface area contributed by atoms with E-state index in [0.717, 1.165) is 32.2 Å². The average Bonchev–Trinajstić information content (AvgIpc) is 2.97. The summed E-state index contributed by atoms with van der Waals surface area (Å²) in [7, 11) is -1.17. The summed E-state index contributed by atoms with van der Waals surface area (Å²) >= 11 is 0. The second kappa shape index (κ2) is 17.3. The smallest absolute Gasteiger partial charge is 0.259 e. The van der Waals surface area contributed by atoms with Gasteiger partial charge in [0, 0.05) is 12.1 Å². The zero-order chi connectivity index (χ0) is 28.6. The molecule has 0 saturated heterocycles. The van der Waals surface area contributed by atoms with E-state index in [1.54, 1.807) is 0 Å². The lowest BCUT2D eigenvalue weighted by molar-refractivity contribution is 0.174. The first-order valence-electron chi connectivity index (χ1n) is 14.6. The van der Waals surface area contributed by atoms with Gasteiger partial charge in [-0.3, -0.25) is 5.32 Å². The molecule has 0 aliphatic carbocycles. The Morgan fingerprint density at radius 1 is 0.700 bits per heavy atom. The van der Waals surface area contributed by atoms with Gasteiger partial charge in [-0.05, 0) is 63.8 Å². The van der Waals surface area contributed by atoms with Crippen LogP contribution >= 0.6 is 8.53 Å². The van der Waals surface area contributed by atoms with Crippen LogP contribution in [-0.2, 0) is 14.6 Å². The highest BCUT2D eigenvalue weighted by Crippen LogP contribution is 2.46. The summed E-state index contributed by atoms with van der Waals surface area (Å²) in [6, 6.07) is 35.1. The van der Waals surface area contributed by atoms with Crippen LogP contribution in [0.4, 0.5) is 0 Å². The van der Waals surface area contributed by atoms with E-state index in [2.05, 4.69) is 135 Å². The van der Waals surface area contributed by atoms with Crippen LogP contribution in [0, 0.1) is 11.3 Å². The van der Waals surface area contributed by atoms with Crippen molar-refractivity contribution in [3.05, 3.63) is 108 Å². The molecule has 0 amide bonds. The van der Waals surface area contributed by atoms with E-state index in [-0.39, 0.29) is 0 Å². The standard InChI is InChI=1S/C34H46N3O2P/c1-29(2)37(30(3)4)40(39-28-18-25-35)38-27-17-6-5-16-26-36-34(31-19-10-7-11-20-31,32-21-12-8-13-22-32)33-23-14-9-15-24-33/h7-15,19-24,29-30,36H,5-6,16-18,26-28H2,1-4H3. The number of rotatable bonds is 18. The third-order valence-corrected chi connectivity index (χ3v) is 9.05. The number of hydrogen-bond acceptors (Lipinski definition) is 5. The first-order chi connectivity index (χ1) is 19.5. The Balaban J connectivity index is 1.59. The van der Waals surface area contributed by atoms with E-state index in [1.807, 2.05) is 0 Å². The Kier molecular flexibility index (Phi) is 13.8. The first-order valence-corrected chi connectivity index (χ1v) is 15.8. The largest absolute Gasteiger partial charge is 0.322 e. The number of hydrogen-bond donors (Lipinski definition) is 1. The fourth-order valence-corrected chi connectivity index (χ4v) is 6.81. The van der Waals surface area contributed by atoms with E-state index in [9.17, 15) is 0 Å². The summed E-state index contributed by atoms with van der Waals surface area (Å²) in [5, 5.41) is 12.9. The zero-order valence-corrected chi connectivity index (χ0v) is 25.5. The van der Waals surface area contributed by atoms with Crippen molar-refractivity contribution in [2.24, 2.45) is 0 Å². The Hall–Kier alpha value is -2.58. The molecular formula is C34H46N3O2P. The van der Waals surface area contributed by atoms with Gasteiger partial charge in [-0.15, -0.1) is 0 Å². The van der Waals surface area contributed by atoms with Gasteiger partial charge in [-0.25, -0.2) is 4.67 Å². The van der Waals surface area contributed by atoms with Crippen LogP contribution in [0.3, 0.4) is 0 Å². The van der Waals surface area contributed by atoms with Crippen LogP contribution in [0.25, 0.3) is 0 Å². The van der Waals surface area contributed by atoms with Crippen molar-refractivity contribution < 1.29 is 9.05 Å². The molecule has 0 bridgehead atoms. The topological polar surface area (TPSA) is 57.5 Å². The Bertz CT molecular complexity index is 1020. The highest BCUT2D eigenvalue weighted by Gasteiger charge is 2.35. The molecule has 0 aliphatic rings. The lowest BCUT2D eigenvalue weighted by atomic mass is 9.77. The molecule has 40 heavy (non-hydrogen) atoms. The van der Waals surface area contributed by atoms with Crippen LogP contribution in [0.5, 0.6) is 0 Å². The summed E-state index contributed by atoms with van der Waals surface area (Å²) in [4.78, 5) is 0. The number of nitriles is 1. The molecule has 5 nitrogen and oxygen atoms in total. The molecule has 3 rings (SSSR count). The third kappa shape index (κ3) is 8.96. The third-order valence-electron chi connectivity index (χ3n) is 6.95. The van der Waals surface area contributed by atoms with Crippen LogP contribution in [0.1, 0.15) is 76.5 Å². The van der Waals surface area contributed by atoms with Crippen molar-refractivity contribution in [2.45, 2.75) is 77.4 Å². The highest BCUT2D eigenvalue weighted by molar-refractivity contribution is 7.44. The minimum Gasteiger partial charge on any atom is -0.322 e. The Morgan fingerprint density at radius 3 is 1.60 bits per heavy atom. The van der Waals surface area contributed by atoms with Crippen LogP contribution in [0.15, 0.2) is 91.0 Å². The molecule has 0 radical (unpaired) electrons. The van der Waals surface area contributed by atoms with Crippen LogP contribution in [0.2, 0.25) is 0 Å². The lowest BCUT2D eigenvalue weighted by Gasteiger charge is -2.37. The number of nitrogens with zero attached hydrogens (tertiary/aromatic N) is 2. The van der Waals surface area contributed by atoms with Gasteiger partial charge in [0.15, 0.2) is 0 Å². The second-order valence-corrected chi connectivity index (χ2v) is 12.0. The molecule has 1 unspecified atom stereocenters. The fourth-order valence-electron chi connectivity index (χ4n) is 5.18. The SMILES string of the molecule is CC(C)N(C(C)C)P(OCCC#N)OCCCCCCNC(c1ccccc1)(c1ccccc1)c1ccccc1. The maximum Gasteiger partial charge on any atom is 0.259 e. The van der Waals surface area contributed by atoms with Gasteiger partial charge in [-0.1, -0.05) is 104 Å². The van der Waals surface area contributed by atoms with E-state index in [4.69, 9.17) is 14.3 Å². The summed E-state index contributed by atoms with van der Waals surface area (Å²) < 4.78 is 14.5. The average molecular weight is 560 g/mol. The minimum atomic E-state index is -1.17. The number of nitrogens with one attached hydrogen (secondary N) is 1. The molecule has 0 aromatic heterocycles. The maximum absolute atomic E-state index is 8.92. The molecule has 1 N–H and O–H groups in total. The molecule has 1 atom stereocenters. The lowest BCUT2D eigenvalue weighted by Crippen LogP contribution is -2.45. The fraction of sp³-hybridized carbons (Fsp3) is 0.441. The van der Waals surface area contributed by atoms with Gasteiger partial charge in [-0.2, -0.15) is 5.26 Å². The van der Waals surface area contributed by atoms with Crippen molar-refractivity contribution in [1.82, 2.24) is 9.99 Å². The van der Waals surface area contributed by atoms with Crippen LogP contribution in [-0.4, -0.2) is 36.5 Å². The van der Waals surface area contributed by atoms with E-state index in [1.165, 1.54) is 16.7 Å². The monoisotopic (exact) mass is 559 g/mol. The maximum atomic E-state index is 8.92. The van der Waals surface area contributed by atoms with E-state index in [0.29, 0.717) is 31.7 Å². The van der Waals surface area contributed by atoms with Crippen molar-refractivity contribution >= 4 is 8.53 Å². The summed E-state index contributed by atoms with van der Waals surface area (Å²) in [5.41, 5.74) is 3.31. The molecule has 6 heteroatoms. The zero-order valence-electron chi connectivity index (χ0n) is 24.6. The second-order valence-electron chi connectivity index (χ2n) is 10.6. The van der Waals surface area contributed by atoms with Crippen molar-refractivity contribution in [1.29, 1.82) is 5.26 Å². The Labute approximate surface area is 243 Å². The predicted molar refractivity (Wildman–Crippen MR) is 167 cm³/mol. The Morgan fingerprint density at radius 2 is 1.15 bits per heavy atom. The van der Waals surface area contributed by atoms with Gasteiger partial charge in [0.2, 0.25) is 0 Å². The van der Waals surface area contributed by atoms with Gasteiger partial charge in [0.25, 0.3) is 8.53 Å². The first kappa shape index (κ1) is 31.9. The summed E-state index contributed by atoms with van der Waals surface area (Å²) in [6.45, 7) is 10.6. The summed E-state index contributed by atoms with van der Waals surface area (Å²) in [6.07, 6.45) is 4.67. The van der Waals surface area contributed by atoms with Gasteiger partial charge in [0.1, 0.15) is 0 Å². The molecule has 0 heterocycles. The van der Waals surface area contributed by atoms with E-state index < -0.39 is 14.1 Å². The highest BCUT2D eigenvalue weighted by atomic mass is 31.2. The van der Waals surface area contributed by atoms with Gasteiger partial charge in [0.05, 0.1) is 31.2 Å². The van der Waals surface area contributed by atoms with Crippen molar-refractivity contribution in [2.75, 3.05) is 19.8 Å². The van der Waals surface area contributed by atoms with Crippen molar-refractivity contribution in [3.8, 4) is 6.07 Å². The molecule has 0 spiro atoms. The number of benzene rings is 3. The van der Waals surface area contributed by atoms with Gasteiger partial charge >= 0.3 is 0 Å². The molecule has 0 fully saturated rings. The molecule has 3 aromatic carbocycles. The quantitative estimate of drug-likeness (QED) is 0.0963. The van der Waals surface area contributed by atoms with Gasteiger partial charge < -0.3 is 9.05 Å². The molecular weight excluding hydrogens is 513 g/mol. The predicted octanol–water partition coefficient (Wildman–Crippen LogP) is 8.42.